The molecule has 0 bridgehead atoms. The molecule has 6 heteroatoms. The number of ether oxygens (including phenoxy) is 1. The average Bonchev–Trinajstić information content (AvgIpc) is 2.35. The number of nitrogens with zero attached hydrogens (tertiary/aromatic N) is 1. The zero-order valence-corrected chi connectivity index (χ0v) is 13.5. The van der Waals surface area contributed by atoms with Crippen LogP contribution in [0, 0.1) is 5.92 Å². The second-order valence-electron chi connectivity index (χ2n) is 4.86. The maximum atomic E-state index is 12.3. The van der Waals surface area contributed by atoms with Crippen LogP contribution in [0.4, 0.5) is 0 Å². The summed E-state index contributed by atoms with van der Waals surface area (Å²) >= 11 is 3.31. The van der Waals surface area contributed by atoms with Crippen molar-refractivity contribution in [1.29, 1.82) is 0 Å². The maximum Gasteiger partial charge on any atom is 0.214 e. The molecule has 0 aromatic heterocycles. The third-order valence-electron chi connectivity index (χ3n) is 3.44. The van der Waals surface area contributed by atoms with Gasteiger partial charge in [-0.25, -0.2) is 8.42 Å². The molecule has 4 nitrogen and oxygen atoms in total. The molecule has 18 heavy (non-hydrogen) atoms. The molecule has 108 valence electrons. The van der Waals surface area contributed by atoms with Crippen LogP contribution < -0.4 is 0 Å². The van der Waals surface area contributed by atoms with Crippen molar-refractivity contribution in [1.82, 2.24) is 4.31 Å². The van der Waals surface area contributed by atoms with Gasteiger partial charge in [-0.15, -0.1) is 0 Å². The summed E-state index contributed by atoms with van der Waals surface area (Å²) in [6, 6.07) is 0. The first kappa shape index (κ1) is 16.4. The standard InChI is InChI=1S/C12H24BrNO3S/c1-17-10-9-14(8-7-13)18(15,16)11-12-5-3-2-4-6-12/h12H,2-11H2,1H3. The van der Waals surface area contributed by atoms with Crippen LogP contribution in [0.5, 0.6) is 0 Å². The molecule has 1 fully saturated rings. The lowest BCUT2D eigenvalue weighted by atomic mass is 9.91. The Morgan fingerprint density at radius 3 is 2.44 bits per heavy atom. The molecule has 0 amide bonds. The van der Waals surface area contributed by atoms with Gasteiger partial charge in [0.1, 0.15) is 0 Å². The molecule has 0 aromatic rings. The van der Waals surface area contributed by atoms with Crippen LogP contribution in [0.25, 0.3) is 0 Å². The van der Waals surface area contributed by atoms with E-state index in [1.165, 1.54) is 19.3 Å². The molecule has 1 aliphatic carbocycles. The fourth-order valence-corrected chi connectivity index (χ4v) is 4.96. The number of halogens is 1. The van der Waals surface area contributed by atoms with Gasteiger partial charge in [0.05, 0.1) is 12.4 Å². The molecular weight excluding hydrogens is 318 g/mol. The van der Waals surface area contributed by atoms with E-state index in [9.17, 15) is 8.42 Å². The first-order chi connectivity index (χ1) is 8.60. The van der Waals surface area contributed by atoms with E-state index in [0.717, 1.165) is 12.8 Å². The second-order valence-corrected chi connectivity index (χ2v) is 7.67. The van der Waals surface area contributed by atoms with Gasteiger partial charge in [0, 0.05) is 25.5 Å². The molecule has 0 N–H and O–H groups in total. The summed E-state index contributed by atoms with van der Waals surface area (Å²) in [5.41, 5.74) is 0. The van der Waals surface area contributed by atoms with E-state index in [-0.39, 0.29) is 0 Å². The lowest BCUT2D eigenvalue weighted by Gasteiger charge is -2.26. The zero-order chi connectivity index (χ0) is 13.4. The van der Waals surface area contributed by atoms with Gasteiger partial charge < -0.3 is 4.74 Å². The van der Waals surface area contributed by atoms with Crippen LogP contribution >= 0.6 is 15.9 Å². The van der Waals surface area contributed by atoms with Crippen molar-refractivity contribution in [2.45, 2.75) is 32.1 Å². The number of sulfonamides is 1. The van der Waals surface area contributed by atoms with Gasteiger partial charge >= 0.3 is 0 Å². The SMILES string of the molecule is COCCN(CCBr)S(=O)(=O)CC1CCCCC1. The molecule has 0 saturated heterocycles. The summed E-state index contributed by atoms with van der Waals surface area (Å²) in [7, 11) is -1.54. The Balaban J connectivity index is 2.55. The van der Waals surface area contributed by atoms with Crippen LogP contribution in [0.3, 0.4) is 0 Å². The van der Waals surface area contributed by atoms with Gasteiger partial charge in [-0.05, 0) is 18.8 Å². The molecule has 1 rings (SSSR count). The molecule has 0 heterocycles. The van der Waals surface area contributed by atoms with Gasteiger partial charge in [0.25, 0.3) is 0 Å². The predicted molar refractivity (Wildman–Crippen MR) is 77.6 cm³/mol. The molecular formula is C12H24BrNO3S. The summed E-state index contributed by atoms with van der Waals surface area (Å²) in [5.74, 6) is 0.660. The van der Waals surface area contributed by atoms with Gasteiger partial charge in [-0.3, -0.25) is 0 Å². The Kier molecular flexibility index (Phi) is 7.75. The number of alkyl halides is 1. The quantitative estimate of drug-likeness (QED) is 0.636. The van der Waals surface area contributed by atoms with E-state index in [2.05, 4.69) is 15.9 Å². The fourth-order valence-electron chi connectivity index (χ4n) is 2.43. The summed E-state index contributed by atoms with van der Waals surface area (Å²) in [6.07, 6.45) is 5.73. The number of hydrogen-bond donors (Lipinski definition) is 0. The monoisotopic (exact) mass is 341 g/mol. The lowest BCUT2D eigenvalue weighted by molar-refractivity contribution is 0.180. The zero-order valence-electron chi connectivity index (χ0n) is 11.1. The fraction of sp³-hybridized carbons (Fsp3) is 1.00. The van der Waals surface area contributed by atoms with Crippen LogP contribution in [0.2, 0.25) is 0 Å². The van der Waals surface area contributed by atoms with Crippen LogP contribution in [0.15, 0.2) is 0 Å². The van der Waals surface area contributed by atoms with E-state index in [1.54, 1.807) is 11.4 Å². The average molecular weight is 342 g/mol. The highest BCUT2D eigenvalue weighted by Crippen LogP contribution is 2.25. The van der Waals surface area contributed by atoms with E-state index < -0.39 is 10.0 Å². The highest BCUT2D eigenvalue weighted by Gasteiger charge is 2.26. The van der Waals surface area contributed by atoms with Gasteiger partial charge in [0.2, 0.25) is 10.0 Å². The Morgan fingerprint density at radius 2 is 1.89 bits per heavy atom. The van der Waals surface area contributed by atoms with Crippen LogP contribution in [-0.2, 0) is 14.8 Å². The molecule has 0 spiro atoms. The smallest absolute Gasteiger partial charge is 0.214 e. The minimum atomic E-state index is -3.13. The molecule has 0 aliphatic heterocycles. The Bertz CT molecular complexity index is 315. The van der Waals surface area contributed by atoms with E-state index >= 15 is 0 Å². The number of rotatable bonds is 8. The summed E-state index contributed by atoms with van der Waals surface area (Å²) in [6.45, 7) is 1.44. The van der Waals surface area contributed by atoms with Crippen molar-refractivity contribution in [3.63, 3.8) is 0 Å². The summed E-state index contributed by atoms with van der Waals surface area (Å²) < 4.78 is 31.2. The minimum absolute atomic E-state index is 0.309. The second kappa shape index (κ2) is 8.51. The van der Waals surface area contributed by atoms with E-state index in [4.69, 9.17) is 4.74 Å². The van der Waals surface area contributed by atoms with E-state index in [1.807, 2.05) is 0 Å². The van der Waals surface area contributed by atoms with Crippen molar-refractivity contribution in [2.24, 2.45) is 5.92 Å². The van der Waals surface area contributed by atoms with Gasteiger partial charge in [-0.1, -0.05) is 35.2 Å². The first-order valence-corrected chi connectivity index (χ1v) is 9.36. The predicted octanol–water partition coefficient (Wildman–Crippen LogP) is 2.24. The van der Waals surface area contributed by atoms with Crippen molar-refractivity contribution in [3.8, 4) is 0 Å². The summed E-state index contributed by atoms with van der Waals surface area (Å²) in [5, 5.41) is 0.667. The van der Waals surface area contributed by atoms with Crippen molar-refractivity contribution in [3.05, 3.63) is 0 Å². The minimum Gasteiger partial charge on any atom is -0.383 e. The molecule has 0 unspecified atom stereocenters. The third kappa shape index (κ3) is 5.55. The van der Waals surface area contributed by atoms with Crippen LogP contribution in [-0.4, -0.2) is 50.6 Å². The summed E-state index contributed by atoms with van der Waals surface area (Å²) in [4.78, 5) is 0. The van der Waals surface area contributed by atoms with Crippen molar-refractivity contribution >= 4 is 26.0 Å². The van der Waals surface area contributed by atoms with Gasteiger partial charge in [-0.2, -0.15) is 4.31 Å². The Labute approximate surface area is 119 Å². The molecule has 1 aliphatic rings. The number of hydrogen-bond acceptors (Lipinski definition) is 3. The molecule has 1 saturated carbocycles. The van der Waals surface area contributed by atoms with E-state index in [0.29, 0.717) is 36.7 Å². The maximum absolute atomic E-state index is 12.3. The van der Waals surface area contributed by atoms with Gasteiger partial charge in [0.15, 0.2) is 0 Å². The van der Waals surface area contributed by atoms with Crippen molar-refractivity contribution < 1.29 is 13.2 Å². The Hall–Kier alpha value is 0.350. The largest absolute Gasteiger partial charge is 0.383 e. The number of methoxy groups -OCH3 is 1. The first-order valence-electron chi connectivity index (χ1n) is 6.63. The Morgan fingerprint density at radius 1 is 1.22 bits per heavy atom. The normalized spacial score (nSPS) is 18.4. The molecule has 0 radical (unpaired) electrons. The lowest BCUT2D eigenvalue weighted by Crippen LogP contribution is -2.39. The highest BCUT2D eigenvalue weighted by atomic mass is 79.9. The third-order valence-corrected chi connectivity index (χ3v) is 5.84. The van der Waals surface area contributed by atoms with Crippen LogP contribution in [0.1, 0.15) is 32.1 Å². The highest BCUT2D eigenvalue weighted by molar-refractivity contribution is 9.09. The molecule has 0 atom stereocenters. The van der Waals surface area contributed by atoms with Crippen molar-refractivity contribution in [2.75, 3.05) is 37.9 Å². The topological polar surface area (TPSA) is 46.6 Å². The molecule has 0 aromatic carbocycles.